The number of rotatable bonds is 7. The number of nitrogens with one attached hydrogen (secondary N) is 4. The molecular formula is C28H24FN9O. The highest BCUT2D eigenvalue weighted by molar-refractivity contribution is 5.97. The van der Waals surface area contributed by atoms with Crippen molar-refractivity contribution in [3.8, 4) is 33.8 Å². The van der Waals surface area contributed by atoms with Crippen molar-refractivity contribution in [2.24, 2.45) is 0 Å². The molecule has 5 aromatic heterocycles. The Morgan fingerprint density at radius 2 is 1.82 bits per heavy atom. The van der Waals surface area contributed by atoms with E-state index in [-0.39, 0.29) is 11.7 Å². The minimum absolute atomic E-state index is 0.0881. The monoisotopic (exact) mass is 521 g/mol. The summed E-state index contributed by atoms with van der Waals surface area (Å²) in [5.41, 5.74) is 6.99. The Balaban J connectivity index is 1.42. The lowest BCUT2D eigenvalue weighted by Crippen LogP contribution is -2.09. The van der Waals surface area contributed by atoms with Crippen LogP contribution >= 0.6 is 0 Å². The molecule has 0 fully saturated rings. The molecule has 0 aliphatic carbocycles. The number of carbonyl (C=O) groups excluding carboxylic acids is 1. The molecule has 0 saturated heterocycles. The van der Waals surface area contributed by atoms with Gasteiger partial charge in [0.1, 0.15) is 11.5 Å². The summed E-state index contributed by atoms with van der Waals surface area (Å²) in [4.78, 5) is 33.1. The van der Waals surface area contributed by atoms with Gasteiger partial charge in [0.15, 0.2) is 11.5 Å². The fourth-order valence-electron chi connectivity index (χ4n) is 4.53. The third kappa shape index (κ3) is 4.71. The van der Waals surface area contributed by atoms with E-state index in [9.17, 15) is 9.18 Å². The van der Waals surface area contributed by atoms with Crippen LogP contribution in [0.5, 0.6) is 0 Å². The Kier molecular flexibility index (Phi) is 6.25. The van der Waals surface area contributed by atoms with Crippen LogP contribution in [-0.4, -0.2) is 48.1 Å². The second-order valence-electron chi connectivity index (χ2n) is 9.10. The Hall–Kier alpha value is -5.03. The fraction of sp³-hybridized carbons (Fsp3) is 0.143. The quantitative estimate of drug-likeness (QED) is 0.236. The van der Waals surface area contributed by atoms with E-state index in [2.05, 4.69) is 40.8 Å². The molecule has 4 N–H and O–H groups in total. The van der Waals surface area contributed by atoms with Crippen LogP contribution < -0.4 is 10.6 Å². The summed E-state index contributed by atoms with van der Waals surface area (Å²) in [6.45, 7) is 2.33. The molecule has 6 rings (SSSR count). The normalized spacial score (nSPS) is 11.4. The second-order valence-corrected chi connectivity index (χ2v) is 9.10. The van der Waals surface area contributed by atoms with E-state index < -0.39 is 0 Å². The second kappa shape index (κ2) is 10.0. The van der Waals surface area contributed by atoms with Crippen LogP contribution in [-0.2, 0) is 11.3 Å². The molecular weight excluding hydrogens is 497 g/mol. The first-order valence-electron chi connectivity index (χ1n) is 12.4. The van der Waals surface area contributed by atoms with Crippen molar-refractivity contribution in [1.82, 2.24) is 40.4 Å². The number of pyridine rings is 3. The molecule has 39 heavy (non-hydrogen) atoms. The summed E-state index contributed by atoms with van der Waals surface area (Å²) in [5.74, 6) is 0.140. The predicted molar refractivity (Wildman–Crippen MR) is 147 cm³/mol. The molecule has 0 radical (unpaired) electrons. The van der Waals surface area contributed by atoms with Crippen molar-refractivity contribution in [2.75, 3.05) is 12.4 Å². The minimum Gasteiger partial charge on any atom is -0.335 e. The molecule has 0 bridgehead atoms. The highest BCUT2D eigenvalue weighted by atomic mass is 19.1. The van der Waals surface area contributed by atoms with E-state index in [1.807, 2.05) is 25.2 Å². The van der Waals surface area contributed by atoms with E-state index in [0.29, 0.717) is 58.0 Å². The summed E-state index contributed by atoms with van der Waals surface area (Å²) in [6, 6.07) is 8.72. The molecule has 0 aliphatic rings. The number of amides is 1. The number of benzene rings is 1. The maximum atomic E-state index is 14.4. The van der Waals surface area contributed by atoms with E-state index >= 15 is 0 Å². The Morgan fingerprint density at radius 1 is 0.974 bits per heavy atom. The molecule has 1 amide bonds. The van der Waals surface area contributed by atoms with Crippen molar-refractivity contribution < 1.29 is 9.18 Å². The van der Waals surface area contributed by atoms with Gasteiger partial charge in [-0.25, -0.2) is 14.4 Å². The van der Waals surface area contributed by atoms with Crippen LogP contribution in [0.2, 0.25) is 0 Å². The smallest absolute Gasteiger partial charge is 0.224 e. The van der Waals surface area contributed by atoms with Gasteiger partial charge in [0.05, 0.1) is 34.5 Å². The molecule has 11 heteroatoms. The minimum atomic E-state index is -0.323. The number of imidazole rings is 1. The molecule has 0 aliphatic heterocycles. The van der Waals surface area contributed by atoms with Gasteiger partial charge in [-0.05, 0) is 48.5 Å². The Morgan fingerprint density at radius 3 is 2.67 bits per heavy atom. The maximum absolute atomic E-state index is 14.4. The number of nitrogens with zero attached hydrogens (tertiary/aromatic N) is 5. The number of anilines is 1. The first kappa shape index (κ1) is 24.3. The third-order valence-electron chi connectivity index (χ3n) is 6.37. The average Bonchev–Trinajstić information content (AvgIpc) is 3.56. The number of fused-ring (bicyclic) bond motifs is 2. The zero-order chi connectivity index (χ0) is 26.9. The highest BCUT2D eigenvalue weighted by Crippen LogP contribution is 2.33. The van der Waals surface area contributed by atoms with Gasteiger partial charge in [-0.2, -0.15) is 5.10 Å². The SMILES string of the molecule is CCC(=O)Nc1cncc(-c2cnc3n[nH]c(-c4nc5c(-c6cc(F)cc(CNC)c6)cncc5[nH]4)c3c2)c1. The van der Waals surface area contributed by atoms with E-state index in [4.69, 9.17) is 4.98 Å². The number of halogens is 1. The van der Waals surface area contributed by atoms with Crippen molar-refractivity contribution in [2.45, 2.75) is 19.9 Å². The van der Waals surface area contributed by atoms with Gasteiger partial charge >= 0.3 is 0 Å². The van der Waals surface area contributed by atoms with Gasteiger partial charge in [-0.15, -0.1) is 0 Å². The number of carbonyl (C=O) groups is 1. The van der Waals surface area contributed by atoms with Crippen LogP contribution in [0.1, 0.15) is 18.9 Å². The zero-order valence-electron chi connectivity index (χ0n) is 21.2. The van der Waals surface area contributed by atoms with E-state index in [1.165, 1.54) is 12.1 Å². The van der Waals surface area contributed by atoms with Gasteiger partial charge in [0.2, 0.25) is 5.91 Å². The van der Waals surface area contributed by atoms with Crippen LogP contribution in [0, 0.1) is 5.82 Å². The molecule has 0 spiro atoms. The summed E-state index contributed by atoms with van der Waals surface area (Å²) in [7, 11) is 1.82. The lowest BCUT2D eigenvalue weighted by atomic mass is 10.0. The molecule has 5 heterocycles. The number of H-pyrrole nitrogens is 2. The standard InChI is InChI=1S/C28H24FN9O/c1-3-24(39)34-20-7-17(10-31-12-20)18-8-21-26(37-38-27(21)33-11-18)28-35-23-14-32-13-22(25(23)36-28)16-4-15(9-30-2)5-19(29)6-16/h4-8,10-14,30H,3,9H2,1-2H3,(H,34,39)(H,35,36)(H,33,37,38). The third-order valence-corrected chi connectivity index (χ3v) is 6.37. The molecule has 0 saturated carbocycles. The fourth-order valence-corrected chi connectivity index (χ4v) is 4.53. The molecule has 0 unspecified atom stereocenters. The van der Waals surface area contributed by atoms with Crippen LogP contribution in [0.4, 0.5) is 10.1 Å². The number of hydrogen-bond donors (Lipinski definition) is 4. The maximum Gasteiger partial charge on any atom is 0.224 e. The molecule has 6 aromatic rings. The van der Waals surface area contributed by atoms with Gasteiger partial charge in [0.25, 0.3) is 0 Å². The highest BCUT2D eigenvalue weighted by Gasteiger charge is 2.17. The molecule has 1 aromatic carbocycles. The molecule has 0 atom stereocenters. The molecule has 10 nitrogen and oxygen atoms in total. The van der Waals surface area contributed by atoms with Crippen molar-refractivity contribution in [3.05, 3.63) is 72.7 Å². The zero-order valence-corrected chi connectivity index (χ0v) is 21.2. The summed E-state index contributed by atoms with van der Waals surface area (Å²) in [5, 5.41) is 14.0. The van der Waals surface area contributed by atoms with Gasteiger partial charge in [-0.1, -0.05) is 6.92 Å². The van der Waals surface area contributed by atoms with Crippen LogP contribution in [0.15, 0.2) is 61.3 Å². The number of aromatic amines is 2. The number of hydrogen-bond acceptors (Lipinski definition) is 7. The number of aromatic nitrogens is 7. The topological polar surface area (TPSA) is 137 Å². The predicted octanol–water partition coefficient (Wildman–Crippen LogP) is 4.83. The Bertz CT molecular complexity index is 1840. The van der Waals surface area contributed by atoms with E-state index in [0.717, 1.165) is 22.1 Å². The van der Waals surface area contributed by atoms with Crippen LogP contribution in [0.3, 0.4) is 0 Å². The lowest BCUT2D eigenvalue weighted by Gasteiger charge is -2.06. The first-order valence-corrected chi connectivity index (χ1v) is 12.4. The Labute approximate surface area is 222 Å². The lowest BCUT2D eigenvalue weighted by molar-refractivity contribution is -0.115. The summed E-state index contributed by atoms with van der Waals surface area (Å²) >= 11 is 0. The van der Waals surface area contributed by atoms with Gasteiger partial charge in [-0.3, -0.25) is 19.9 Å². The molecule has 194 valence electrons. The summed E-state index contributed by atoms with van der Waals surface area (Å²) < 4.78 is 14.4. The van der Waals surface area contributed by atoms with E-state index in [1.54, 1.807) is 37.9 Å². The first-order chi connectivity index (χ1) is 19.0. The van der Waals surface area contributed by atoms with Crippen molar-refractivity contribution in [1.29, 1.82) is 0 Å². The largest absolute Gasteiger partial charge is 0.335 e. The average molecular weight is 522 g/mol. The van der Waals surface area contributed by atoms with Gasteiger partial charge in [0, 0.05) is 48.2 Å². The summed E-state index contributed by atoms with van der Waals surface area (Å²) in [6.07, 6.45) is 8.78. The van der Waals surface area contributed by atoms with Crippen LogP contribution in [0.25, 0.3) is 55.8 Å². The van der Waals surface area contributed by atoms with Crippen molar-refractivity contribution in [3.63, 3.8) is 0 Å². The van der Waals surface area contributed by atoms with Crippen molar-refractivity contribution >= 4 is 33.7 Å². The van der Waals surface area contributed by atoms with Gasteiger partial charge < -0.3 is 15.6 Å².